The van der Waals surface area contributed by atoms with E-state index in [9.17, 15) is 8.42 Å². The van der Waals surface area contributed by atoms with E-state index in [1.165, 1.54) is 0 Å². The van der Waals surface area contributed by atoms with Gasteiger partial charge >= 0.3 is 0 Å². The molecule has 5 nitrogen and oxygen atoms in total. The van der Waals surface area contributed by atoms with Crippen LogP contribution in [0.2, 0.25) is 0 Å². The monoisotopic (exact) mass is 379 g/mol. The van der Waals surface area contributed by atoms with Crippen LogP contribution in [0.3, 0.4) is 0 Å². The van der Waals surface area contributed by atoms with Crippen LogP contribution in [0.4, 0.5) is 0 Å². The summed E-state index contributed by atoms with van der Waals surface area (Å²) in [6, 6.07) is 12.5. The van der Waals surface area contributed by atoms with Crippen molar-refractivity contribution in [2.24, 2.45) is 0 Å². The quantitative estimate of drug-likeness (QED) is 0.796. The Labute approximate surface area is 153 Å². The molecule has 0 amide bonds. The molecule has 2 aromatic rings. The van der Waals surface area contributed by atoms with Crippen molar-refractivity contribution in [2.45, 2.75) is 17.2 Å². The van der Waals surface area contributed by atoms with E-state index in [-0.39, 0.29) is 5.37 Å². The summed E-state index contributed by atoms with van der Waals surface area (Å²) in [6.07, 6.45) is 0. The molecule has 0 aromatic heterocycles. The van der Waals surface area contributed by atoms with Crippen molar-refractivity contribution in [3.05, 3.63) is 53.6 Å². The predicted molar refractivity (Wildman–Crippen MR) is 99.8 cm³/mol. The Balaban J connectivity index is 2.04. The molecule has 1 aliphatic heterocycles. The average Bonchev–Trinajstić information content (AvgIpc) is 3.11. The van der Waals surface area contributed by atoms with Gasteiger partial charge in [-0.05, 0) is 42.8 Å². The highest BCUT2D eigenvalue weighted by molar-refractivity contribution is 8.01. The zero-order valence-corrected chi connectivity index (χ0v) is 16.1. The zero-order chi connectivity index (χ0) is 18.0. The molecule has 0 bridgehead atoms. The molecule has 0 radical (unpaired) electrons. The molecule has 1 unspecified atom stereocenters. The Bertz CT molecular complexity index is 867. The first kappa shape index (κ1) is 18.1. The summed E-state index contributed by atoms with van der Waals surface area (Å²) >= 11 is 1.59. The van der Waals surface area contributed by atoms with Crippen LogP contribution in [0.5, 0.6) is 11.5 Å². The number of hydrogen-bond donors (Lipinski definition) is 0. The van der Waals surface area contributed by atoms with Crippen molar-refractivity contribution < 1.29 is 17.9 Å². The fourth-order valence-electron chi connectivity index (χ4n) is 2.89. The molecular weight excluding hydrogens is 358 g/mol. The molecule has 0 aliphatic carbocycles. The van der Waals surface area contributed by atoms with Gasteiger partial charge in [0.25, 0.3) is 0 Å². The van der Waals surface area contributed by atoms with Gasteiger partial charge in [-0.1, -0.05) is 12.1 Å². The van der Waals surface area contributed by atoms with Crippen LogP contribution in [0.1, 0.15) is 16.5 Å². The standard InChI is InChI=1S/C18H21NO4S2/c1-13-5-4-6-15(11-13)25(20,21)19-9-10-24-18(19)16-12-14(22-2)7-8-17(16)23-3/h4-8,11-12,18H,9-10H2,1-3H3. The molecule has 7 heteroatoms. The maximum Gasteiger partial charge on any atom is 0.244 e. The molecule has 0 N–H and O–H groups in total. The van der Waals surface area contributed by atoms with Crippen molar-refractivity contribution in [3.63, 3.8) is 0 Å². The summed E-state index contributed by atoms with van der Waals surface area (Å²) in [5, 5.41) is -0.337. The summed E-state index contributed by atoms with van der Waals surface area (Å²) in [4.78, 5) is 0.321. The van der Waals surface area contributed by atoms with E-state index in [4.69, 9.17) is 9.47 Å². The minimum atomic E-state index is -3.59. The summed E-state index contributed by atoms with van der Waals surface area (Å²) in [7, 11) is -0.407. The van der Waals surface area contributed by atoms with E-state index in [2.05, 4.69) is 0 Å². The highest BCUT2D eigenvalue weighted by Gasteiger charge is 2.38. The van der Waals surface area contributed by atoms with Crippen molar-refractivity contribution >= 4 is 21.8 Å². The van der Waals surface area contributed by atoms with E-state index in [0.717, 1.165) is 16.9 Å². The number of sulfonamides is 1. The Kier molecular flexibility index (Phi) is 5.27. The molecule has 134 valence electrons. The zero-order valence-electron chi connectivity index (χ0n) is 14.4. The molecule has 25 heavy (non-hydrogen) atoms. The summed E-state index contributed by atoms with van der Waals surface area (Å²) in [5.74, 6) is 2.07. The van der Waals surface area contributed by atoms with Crippen molar-refractivity contribution in [3.8, 4) is 11.5 Å². The second kappa shape index (κ2) is 7.27. The minimum Gasteiger partial charge on any atom is -0.497 e. The van der Waals surface area contributed by atoms with Crippen molar-refractivity contribution in [1.82, 2.24) is 4.31 Å². The molecule has 1 fully saturated rings. The molecule has 1 saturated heterocycles. The normalized spacial score (nSPS) is 18.3. The predicted octanol–water partition coefficient (Wildman–Crippen LogP) is 3.45. The SMILES string of the molecule is COc1ccc(OC)c(C2SCCN2S(=O)(=O)c2cccc(C)c2)c1. The van der Waals surface area contributed by atoms with Gasteiger partial charge in [0, 0.05) is 17.9 Å². The van der Waals surface area contributed by atoms with Crippen molar-refractivity contribution in [1.29, 1.82) is 0 Å². The molecule has 1 heterocycles. The summed E-state index contributed by atoms with van der Waals surface area (Å²) < 4.78 is 38.6. The van der Waals surface area contributed by atoms with Gasteiger partial charge < -0.3 is 9.47 Å². The van der Waals surface area contributed by atoms with Crippen LogP contribution in [0.15, 0.2) is 47.4 Å². The number of ether oxygens (including phenoxy) is 2. The molecule has 1 aliphatic rings. The van der Waals surface area contributed by atoms with Gasteiger partial charge in [-0.2, -0.15) is 4.31 Å². The molecule has 3 rings (SSSR count). The van der Waals surface area contributed by atoms with Crippen LogP contribution >= 0.6 is 11.8 Å². The second-order valence-corrected chi connectivity index (χ2v) is 8.84. The first-order valence-electron chi connectivity index (χ1n) is 7.89. The third-order valence-corrected chi connectivity index (χ3v) is 7.38. The Morgan fingerprint density at radius 2 is 1.92 bits per heavy atom. The van der Waals surface area contributed by atoms with Gasteiger partial charge in [0.2, 0.25) is 10.0 Å². The fraction of sp³-hybridized carbons (Fsp3) is 0.333. The lowest BCUT2D eigenvalue weighted by Gasteiger charge is -2.25. The maximum atomic E-state index is 13.2. The Hall–Kier alpha value is -1.70. The van der Waals surface area contributed by atoms with Crippen LogP contribution in [-0.4, -0.2) is 39.2 Å². The van der Waals surface area contributed by atoms with Gasteiger partial charge in [0.15, 0.2) is 0 Å². The van der Waals surface area contributed by atoms with Crippen LogP contribution in [0.25, 0.3) is 0 Å². The molecule has 0 spiro atoms. The number of aryl methyl sites for hydroxylation is 1. The molecular formula is C18H21NO4S2. The number of hydrogen-bond acceptors (Lipinski definition) is 5. The largest absolute Gasteiger partial charge is 0.497 e. The number of nitrogens with zero attached hydrogens (tertiary/aromatic N) is 1. The summed E-state index contributed by atoms with van der Waals surface area (Å²) in [5.41, 5.74) is 1.73. The third-order valence-electron chi connectivity index (χ3n) is 4.15. The second-order valence-electron chi connectivity index (χ2n) is 5.76. The first-order valence-corrected chi connectivity index (χ1v) is 10.4. The lowest BCUT2D eigenvalue weighted by atomic mass is 10.2. The summed E-state index contributed by atoms with van der Waals surface area (Å²) in [6.45, 7) is 2.35. The number of rotatable bonds is 5. The fourth-order valence-corrected chi connectivity index (χ4v) is 6.24. The number of thioether (sulfide) groups is 1. The number of benzene rings is 2. The third kappa shape index (κ3) is 3.49. The Morgan fingerprint density at radius 1 is 1.12 bits per heavy atom. The van der Waals surface area contributed by atoms with Gasteiger partial charge in [0.1, 0.15) is 11.5 Å². The molecule has 0 saturated carbocycles. The lowest BCUT2D eigenvalue weighted by molar-refractivity contribution is 0.382. The van der Waals surface area contributed by atoms with Crippen LogP contribution in [0, 0.1) is 6.92 Å². The van der Waals surface area contributed by atoms with E-state index in [1.54, 1.807) is 54.6 Å². The highest BCUT2D eigenvalue weighted by Crippen LogP contribution is 2.45. The number of methoxy groups -OCH3 is 2. The first-order chi connectivity index (χ1) is 12.0. The Morgan fingerprint density at radius 3 is 2.60 bits per heavy atom. The highest BCUT2D eigenvalue weighted by atomic mass is 32.2. The van der Waals surface area contributed by atoms with E-state index < -0.39 is 10.0 Å². The van der Waals surface area contributed by atoms with Crippen LogP contribution < -0.4 is 9.47 Å². The van der Waals surface area contributed by atoms with E-state index in [1.807, 2.05) is 25.1 Å². The maximum absolute atomic E-state index is 13.2. The van der Waals surface area contributed by atoms with Gasteiger partial charge in [-0.3, -0.25) is 0 Å². The van der Waals surface area contributed by atoms with Crippen molar-refractivity contribution in [2.75, 3.05) is 26.5 Å². The van der Waals surface area contributed by atoms with E-state index in [0.29, 0.717) is 22.9 Å². The van der Waals surface area contributed by atoms with Gasteiger partial charge in [-0.25, -0.2) is 8.42 Å². The van der Waals surface area contributed by atoms with E-state index >= 15 is 0 Å². The average molecular weight is 380 g/mol. The molecule has 1 atom stereocenters. The smallest absolute Gasteiger partial charge is 0.244 e. The minimum absolute atomic E-state index is 0.321. The topological polar surface area (TPSA) is 55.8 Å². The van der Waals surface area contributed by atoms with Crippen LogP contribution in [-0.2, 0) is 10.0 Å². The van der Waals surface area contributed by atoms with Gasteiger partial charge in [0.05, 0.1) is 24.5 Å². The molecule has 2 aromatic carbocycles. The lowest BCUT2D eigenvalue weighted by Crippen LogP contribution is -2.30. The van der Waals surface area contributed by atoms with Gasteiger partial charge in [-0.15, -0.1) is 11.8 Å².